The molecule has 0 N–H and O–H groups in total. The molecule has 0 bridgehead atoms. The summed E-state index contributed by atoms with van der Waals surface area (Å²) < 4.78 is 5.28. The van der Waals surface area contributed by atoms with E-state index in [1.807, 2.05) is 13.0 Å². The minimum absolute atomic E-state index is 0.179. The second kappa shape index (κ2) is 4.21. The first-order valence-electron chi connectivity index (χ1n) is 4.18. The molecule has 0 aromatic heterocycles. The molecule has 0 aromatic carbocycles. The second-order valence-electron chi connectivity index (χ2n) is 2.99. The van der Waals surface area contributed by atoms with E-state index < -0.39 is 0 Å². The van der Waals surface area contributed by atoms with Crippen LogP contribution in [0.1, 0.15) is 19.8 Å². The van der Waals surface area contributed by atoms with Gasteiger partial charge in [0.15, 0.2) is 5.78 Å². The predicted molar refractivity (Wildman–Crippen MR) is 47.9 cm³/mol. The summed E-state index contributed by atoms with van der Waals surface area (Å²) in [6.45, 7) is 6.08. The average Bonchev–Trinajstić information content (AvgIpc) is 2.05. The highest BCUT2D eigenvalue weighted by Gasteiger charge is 2.15. The number of allylic oxidation sites excluding steroid dienone is 1. The fraction of sp³-hybridized carbons (Fsp3) is 0.500. The highest BCUT2D eigenvalue weighted by molar-refractivity contribution is 5.96. The van der Waals surface area contributed by atoms with E-state index in [0.29, 0.717) is 13.0 Å². The van der Waals surface area contributed by atoms with Crippen molar-refractivity contribution >= 4 is 5.78 Å². The molecule has 1 unspecified atom stereocenters. The molecule has 1 atom stereocenters. The third-order valence-corrected chi connectivity index (χ3v) is 1.91. The Bertz CT molecular complexity index is 216. The fourth-order valence-electron chi connectivity index (χ4n) is 1.25. The molecule has 2 nitrogen and oxygen atoms in total. The smallest absolute Gasteiger partial charge is 0.162 e. The Morgan fingerprint density at radius 1 is 1.92 bits per heavy atom. The van der Waals surface area contributed by atoms with E-state index in [0.717, 1.165) is 12.0 Å². The molecule has 0 aromatic rings. The van der Waals surface area contributed by atoms with Gasteiger partial charge in [-0.15, -0.1) is 6.58 Å². The van der Waals surface area contributed by atoms with Gasteiger partial charge in [0.05, 0.1) is 12.7 Å². The van der Waals surface area contributed by atoms with Crippen LogP contribution in [0.2, 0.25) is 0 Å². The van der Waals surface area contributed by atoms with Gasteiger partial charge in [-0.1, -0.05) is 12.2 Å². The summed E-state index contributed by atoms with van der Waals surface area (Å²) >= 11 is 0. The summed E-state index contributed by atoms with van der Waals surface area (Å²) in [6, 6.07) is 0. The van der Waals surface area contributed by atoms with E-state index in [-0.39, 0.29) is 11.9 Å². The number of Topliss-reactive ketones (excluding diaryl/α,β-unsaturated/α-hetero) is 1. The van der Waals surface area contributed by atoms with Crippen LogP contribution in [0.25, 0.3) is 0 Å². The molecule has 1 heterocycles. The highest BCUT2D eigenvalue weighted by atomic mass is 16.5. The van der Waals surface area contributed by atoms with Gasteiger partial charge in [0.25, 0.3) is 0 Å². The molecule has 12 heavy (non-hydrogen) atoms. The van der Waals surface area contributed by atoms with E-state index in [1.165, 1.54) is 0 Å². The SMILES string of the molecule is C=CCC(=O)C1=CCOC(C)C1. The summed E-state index contributed by atoms with van der Waals surface area (Å²) in [5, 5.41) is 0. The summed E-state index contributed by atoms with van der Waals surface area (Å²) in [4.78, 5) is 11.3. The fourth-order valence-corrected chi connectivity index (χ4v) is 1.25. The zero-order chi connectivity index (χ0) is 8.97. The Morgan fingerprint density at radius 3 is 3.25 bits per heavy atom. The zero-order valence-electron chi connectivity index (χ0n) is 7.38. The molecule has 0 spiro atoms. The van der Waals surface area contributed by atoms with Gasteiger partial charge in [0, 0.05) is 12.8 Å². The number of carbonyl (C=O) groups excluding carboxylic acids is 1. The average molecular weight is 166 g/mol. The monoisotopic (exact) mass is 166 g/mol. The lowest BCUT2D eigenvalue weighted by Gasteiger charge is -2.18. The van der Waals surface area contributed by atoms with Crippen LogP contribution in [-0.4, -0.2) is 18.5 Å². The Labute approximate surface area is 72.9 Å². The Morgan fingerprint density at radius 2 is 2.67 bits per heavy atom. The van der Waals surface area contributed by atoms with Crippen molar-refractivity contribution in [2.45, 2.75) is 25.9 Å². The van der Waals surface area contributed by atoms with Gasteiger partial charge in [-0.2, -0.15) is 0 Å². The number of ether oxygens (including phenoxy) is 1. The van der Waals surface area contributed by atoms with E-state index in [4.69, 9.17) is 4.74 Å². The number of hydrogen-bond donors (Lipinski definition) is 0. The lowest BCUT2D eigenvalue weighted by molar-refractivity contribution is -0.115. The van der Waals surface area contributed by atoms with Crippen LogP contribution in [0.4, 0.5) is 0 Å². The quantitative estimate of drug-likeness (QED) is 0.598. The number of rotatable bonds is 3. The highest BCUT2D eigenvalue weighted by Crippen LogP contribution is 2.16. The number of hydrogen-bond acceptors (Lipinski definition) is 2. The van der Waals surface area contributed by atoms with Crippen LogP contribution in [0, 0.1) is 0 Å². The van der Waals surface area contributed by atoms with Gasteiger partial charge in [-0.05, 0) is 12.5 Å². The Hall–Kier alpha value is -0.890. The summed E-state index contributed by atoms with van der Waals surface area (Å²) in [6.07, 6.45) is 4.87. The lowest BCUT2D eigenvalue weighted by Crippen LogP contribution is -2.18. The molecule has 0 aliphatic carbocycles. The van der Waals surface area contributed by atoms with Crippen LogP contribution < -0.4 is 0 Å². The molecule has 0 radical (unpaired) electrons. The topological polar surface area (TPSA) is 26.3 Å². The van der Waals surface area contributed by atoms with E-state index >= 15 is 0 Å². The molecule has 1 aliphatic rings. The van der Waals surface area contributed by atoms with Crippen molar-refractivity contribution in [3.8, 4) is 0 Å². The maximum absolute atomic E-state index is 11.3. The molecule has 2 heteroatoms. The van der Waals surface area contributed by atoms with Gasteiger partial charge >= 0.3 is 0 Å². The van der Waals surface area contributed by atoms with Crippen molar-refractivity contribution in [3.63, 3.8) is 0 Å². The first-order valence-corrected chi connectivity index (χ1v) is 4.18. The van der Waals surface area contributed by atoms with Crippen molar-refractivity contribution in [2.24, 2.45) is 0 Å². The van der Waals surface area contributed by atoms with Gasteiger partial charge < -0.3 is 4.74 Å². The van der Waals surface area contributed by atoms with Crippen molar-refractivity contribution < 1.29 is 9.53 Å². The zero-order valence-corrected chi connectivity index (χ0v) is 7.38. The summed E-state index contributed by atoms with van der Waals surface area (Å²) in [5.74, 6) is 0.181. The lowest BCUT2D eigenvalue weighted by atomic mass is 10.0. The van der Waals surface area contributed by atoms with Crippen molar-refractivity contribution in [3.05, 3.63) is 24.3 Å². The van der Waals surface area contributed by atoms with Gasteiger partial charge in [0.1, 0.15) is 0 Å². The van der Waals surface area contributed by atoms with Crippen LogP contribution in [0.15, 0.2) is 24.3 Å². The second-order valence-corrected chi connectivity index (χ2v) is 2.99. The van der Waals surface area contributed by atoms with Crippen LogP contribution in [0.5, 0.6) is 0 Å². The van der Waals surface area contributed by atoms with Crippen LogP contribution >= 0.6 is 0 Å². The number of carbonyl (C=O) groups is 1. The normalized spacial score (nSPS) is 23.1. The minimum Gasteiger partial charge on any atom is -0.374 e. The molecule has 0 saturated heterocycles. The molecule has 1 rings (SSSR count). The van der Waals surface area contributed by atoms with E-state index in [1.54, 1.807) is 6.08 Å². The summed E-state index contributed by atoms with van der Waals surface area (Å²) in [5.41, 5.74) is 0.897. The third-order valence-electron chi connectivity index (χ3n) is 1.91. The standard InChI is InChI=1S/C10H14O2/c1-3-4-10(11)9-5-6-12-8(2)7-9/h3,5,8H,1,4,6-7H2,2H3. The maximum Gasteiger partial charge on any atom is 0.162 e. The van der Waals surface area contributed by atoms with E-state index in [2.05, 4.69) is 6.58 Å². The largest absolute Gasteiger partial charge is 0.374 e. The summed E-state index contributed by atoms with van der Waals surface area (Å²) in [7, 11) is 0. The molecule has 66 valence electrons. The van der Waals surface area contributed by atoms with Crippen molar-refractivity contribution in [2.75, 3.05) is 6.61 Å². The predicted octanol–water partition coefficient (Wildman–Crippen LogP) is 1.87. The van der Waals surface area contributed by atoms with Crippen LogP contribution in [0.3, 0.4) is 0 Å². The van der Waals surface area contributed by atoms with Crippen LogP contribution in [-0.2, 0) is 9.53 Å². The molecular formula is C10H14O2. The van der Waals surface area contributed by atoms with Gasteiger partial charge in [-0.3, -0.25) is 4.79 Å². The Kier molecular flexibility index (Phi) is 3.23. The molecule has 0 fully saturated rings. The molecule has 0 amide bonds. The maximum atomic E-state index is 11.3. The van der Waals surface area contributed by atoms with Crippen molar-refractivity contribution in [1.29, 1.82) is 0 Å². The molecular weight excluding hydrogens is 152 g/mol. The molecule has 0 saturated carbocycles. The number of ketones is 1. The first-order chi connectivity index (χ1) is 5.74. The van der Waals surface area contributed by atoms with Gasteiger partial charge in [0.2, 0.25) is 0 Å². The third kappa shape index (κ3) is 2.31. The Balaban J connectivity index is 2.56. The van der Waals surface area contributed by atoms with E-state index in [9.17, 15) is 4.79 Å². The van der Waals surface area contributed by atoms with Crippen molar-refractivity contribution in [1.82, 2.24) is 0 Å². The first kappa shape index (κ1) is 9.20. The minimum atomic E-state index is 0.179. The van der Waals surface area contributed by atoms with Gasteiger partial charge in [-0.25, -0.2) is 0 Å². The molecule has 1 aliphatic heterocycles.